The molecule has 5 nitrogen and oxygen atoms in total. The first kappa shape index (κ1) is 18.0. The minimum absolute atomic E-state index is 0.0428. The number of rotatable bonds is 1. The monoisotopic (exact) mass is 406 g/mol. The van der Waals surface area contributed by atoms with Crippen LogP contribution in [0.4, 0.5) is 0 Å². The first-order valence-electron chi connectivity index (χ1n) is 9.22. The molecule has 2 aliphatic heterocycles. The molecule has 2 N–H and O–H groups in total. The van der Waals surface area contributed by atoms with Crippen molar-refractivity contribution in [3.63, 3.8) is 0 Å². The Kier molecular flexibility index (Phi) is 3.71. The topological polar surface area (TPSA) is 76.0 Å². The molecular formula is C23H19O5P. The molecule has 0 saturated heterocycles. The molecular weight excluding hydrogens is 387 g/mol. The molecule has 2 aliphatic rings. The number of esters is 1. The minimum Gasteiger partial charge on any atom is -0.508 e. The molecule has 2 heterocycles. The van der Waals surface area contributed by atoms with Crippen LogP contribution < -0.4 is 10.0 Å². The van der Waals surface area contributed by atoms with Crippen LogP contribution in [0.25, 0.3) is 0 Å². The van der Waals surface area contributed by atoms with E-state index in [4.69, 9.17) is 9.47 Å². The van der Waals surface area contributed by atoms with Gasteiger partial charge in [0.25, 0.3) is 0 Å². The lowest BCUT2D eigenvalue weighted by Gasteiger charge is -2.36. The number of carbonyl (C=O) groups is 1. The van der Waals surface area contributed by atoms with Gasteiger partial charge in [-0.15, -0.1) is 0 Å². The Morgan fingerprint density at radius 1 is 0.862 bits per heavy atom. The average molecular weight is 406 g/mol. The number of fused-ring (bicyclic) bond motifs is 6. The fraction of sp³-hybridized carbons (Fsp3) is 0.174. The summed E-state index contributed by atoms with van der Waals surface area (Å²) in [6.45, 7) is 6.36. The molecule has 3 aromatic carbocycles. The number of carbonyl (C=O) groups excluding carboxylic acids is 1. The number of aromatic hydroxyl groups is 2. The Balaban J connectivity index is 1.88. The third-order valence-corrected chi connectivity index (χ3v) is 7.02. The van der Waals surface area contributed by atoms with Crippen molar-refractivity contribution in [3.05, 3.63) is 76.3 Å². The molecule has 0 aliphatic carbocycles. The molecule has 0 bridgehead atoms. The summed E-state index contributed by atoms with van der Waals surface area (Å²) < 4.78 is 12.1. The first-order valence-corrected chi connectivity index (χ1v) is 11.5. The average Bonchev–Trinajstić information content (AvgIpc) is 2.93. The smallest absolute Gasteiger partial charge is 0.340 e. The zero-order valence-electron chi connectivity index (χ0n) is 16.2. The molecule has 0 amide bonds. The van der Waals surface area contributed by atoms with E-state index < -0.39 is 11.6 Å². The van der Waals surface area contributed by atoms with E-state index in [0.29, 0.717) is 28.2 Å². The minimum atomic E-state index is -1.19. The second-order valence-electron chi connectivity index (χ2n) is 7.61. The maximum absolute atomic E-state index is 13.0. The molecule has 0 fully saturated rings. The van der Waals surface area contributed by atoms with Crippen LogP contribution >= 0.6 is 7.92 Å². The van der Waals surface area contributed by atoms with Gasteiger partial charge in [0.15, 0.2) is 5.60 Å². The van der Waals surface area contributed by atoms with Crippen LogP contribution in [0.5, 0.6) is 23.0 Å². The molecule has 5 rings (SSSR count). The lowest BCUT2D eigenvalue weighted by atomic mass is 9.77. The number of benzene rings is 3. The molecule has 146 valence electrons. The molecule has 0 aromatic heterocycles. The Morgan fingerprint density at radius 3 is 2.00 bits per heavy atom. The molecule has 6 heteroatoms. The van der Waals surface area contributed by atoms with E-state index in [1.807, 2.05) is 19.1 Å². The number of aryl methyl sites for hydroxylation is 1. The van der Waals surface area contributed by atoms with Crippen LogP contribution in [-0.2, 0) is 10.3 Å². The summed E-state index contributed by atoms with van der Waals surface area (Å²) >= 11 is 0. The quantitative estimate of drug-likeness (QED) is 0.464. The van der Waals surface area contributed by atoms with Gasteiger partial charge in [0.2, 0.25) is 0 Å². The summed E-state index contributed by atoms with van der Waals surface area (Å²) in [5.41, 5.74) is 2.49. The molecule has 0 unspecified atom stereocenters. The van der Waals surface area contributed by atoms with Gasteiger partial charge in [-0.3, -0.25) is 0 Å². The molecule has 1 spiro atoms. The van der Waals surface area contributed by atoms with Crippen LogP contribution in [0, 0.1) is 6.92 Å². The lowest BCUT2D eigenvalue weighted by molar-refractivity contribution is 0.0224. The van der Waals surface area contributed by atoms with Gasteiger partial charge in [0.05, 0.1) is 5.56 Å². The van der Waals surface area contributed by atoms with Crippen molar-refractivity contribution in [3.8, 4) is 23.0 Å². The van der Waals surface area contributed by atoms with Gasteiger partial charge >= 0.3 is 5.97 Å². The van der Waals surface area contributed by atoms with E-state index in [9.17, 15) is 15.0 Å². The normalized spacial score (nSPS) is 15.5. The van der Waals surface area contributed by atoms with Crippen LogP contribution in [0.15, 0.2) is 48.5 Å². The number of phenolic OH excluding ortho intramolecular Hbond substituents is 2. The van der Waals surface area contributed by atoms with Crippen molar-refractivity contribution < 1.29 is 24.5 Å². The molecule has 0 radical (unpaired) electrons. The van der Waals surface area contributed by atoms with Gasteiger partial charge in [-0.25, -0.2) is 4.79 Å². The predicted octanol–water partition coefficient (Wildman–Crippen LogP) is 4.34. The summed E-state index contributed by atoms with van der Waals surface area (Å²) in [7, 11) is -0.383. The predicted molar refractivity (Wildman–Crippen MR) is 111 cm³/mol. The summed E-state index contributed by atoms with van der Waals surface area (Å²) in [4.78, 5) is 13.0. The molecule has 3 aromatic rings. The summed E-state index contributed by atoms with van der Waals surface area (Å²) in [5.74, 6) is 0.470. The highest BCUT2D eigenvalue weighted by Crippen LogP contribution is 2.57. The maximum Gasteiger partial charge on any atom is 0.340 e. The summed E-state index contributed by atoms with van der Waals surface area (Å²) in [6.07, 6.45) is 0. The van der Waals surface area contributed by atoms with E-state index in [-0.39, 0.29) is 19.4 Å². The van der Waals surface area contributed by atoms with E-state index in [1.165, 1.54) is 12.1 Å². The Morgan fingerprint density at radius 2 is 1.45 bits per heavy atom. The maximum atomic E-state index is 13.0. The van der Waals surface area contributed by atoms with Gasteiger partial charge in [0, 0.05) is 28.8 Å². The van der Waals surface area contributed by atoms with Crippen molar-refractivity contribution in [2.45, 2.75) is 12.5 Å². The third-order valence-electron chi connectivity index (χ3n) is 5.57. The highest BCUT2D eigenvalue weighted by Gasteiger charge is 2.53. The zero-order chi connectivity index (χ0) is 20.5. The number of hydrogen-bond donors (Lipinski definition) is 2. The number of phenols is 2. The molecule has 0 atom stereocenters. The zero-order valence-corrected chi connectivity index (χ0v) is 17.1. The second kappa shape index (κ2) is 5.98. The van der Waals surface area contributed by atoms with Crippen molar-refractivity contribution in [1.29, 1.82) is 0 Å². The molecule has 29 heavy (non-hydrogen) atoms. The van der Waals surface area contributed by atoms with Crippen molar-refractivity contribution in [2.75, 3.05) is 13.3 Å². The van der Waals surface area contributed by atoms with Crippen molar-refractivity contribution in [2.24, 2.45) is 0 Å². The van der Waals surface area contributed by atoms with Gasteiger partial charge < -0.3 is 19.7 Å². The van der Waals surface area contributed by atoms with Gasteiger partial charge in [-0.05, 0) is 67.5 Å². The summed E-state index contributed by atoms with van der Waals surface area (Å²) in [6, 6.07) is 13.5. The second-order valence-corrected chi connectivity index (χ2v) is 9.88. The van der Waals surface area contributed by atoms with Gasteiger partial charge in [-0.2, -0.15) is 0 Å². The highest BCUT2D eigenvalue weighted by atomic mass is 31.1. The lowest BCUT2D eigenvalue weighted by Crippen LogP contribution is -2.33. The highest BCUT2D eigenvalue weighted by molar-refractivity contribution is 7.64. The number of ether oxygens (including phenoxy) is 2. The fourth-order valence-corrected chi connectivity index (χ4v) is 5.48. The fourth-order valence-electron chi connectivity index (χ4n) is 4.32. The van der Waals surface area contributed by atoms with Crippen molar-refractivity contribution >= 4 is 19.2 Å². The van der Waals surface area contributed by atoms with Gasteiger partial charge in [-0.1, -0.05) is 7.92 Å². The van der Waals surface area contributed by atoms with Gasteiger partial charge in [0.1, 0.15) is 23.0 Å². The van der Waals surface area contributed by atoms with Crippen LogP contribution in [0.3, 0.4) is 0 Å². The molecule has 0 saturated carbocycles. The van der Waals surface area contributed by atoms with Crippen LogP contribution in [0.1, 0.15) is 32.6 Å². The largest absolute Gasteiger partial charge is 0.508 e. The van der Waals surface area contributed by atoms with Crippen LogP contribution in [-0.4, -0.2) is 29.5 Å². The summed E-state index contributed by atoms with van der Waals surface area (Å²) in [5, 5.41) is 21.1. The number of hydrogen-bond acceptors (Lipinski definition) is 5. The Labute approximate surface area is 169 Å². The standard InChI is InChI=1S/C23H19O5P/c1-12-8-18-15(11-21(12)29(2)3)22(26)28-23(18)16-6-4-13(24)9-19(16)27-20-10-14(25)5-7-17(20)23/h4-11,24-25H,1-3H3. The van der Waals surface area contributed by atoms with E-state index in [2.05, 4.69) is 13.3 Å². The van der Waals surface area contributed by atoms with E-state index >= 15 is 0 Å². The van der Waals surface area contributed by atoms with E-state index in [0.717, 1.165) is 16.4 Å². The SMILES string of the molecule is Cc1cc2c(cc1P(C)C)C(=O)OC21c2ccc(O)cc2Oc2cc(O)ccc21. The first-order chi connectivity index (χ1) is 13.8. The third kappa shape index (κ3) is 2.41. The van der Waals surface area contributed by atoms with Crippen molar-refractivity contribution in [1.82, 2.24) is 0 Å². The Hall–Kier alpha value is -3.04. The Bertz CT molecular complexity index is 1150. The van der Waals surface area contributed by atoms with Crippen LogP contribution in [0.2, 0.25) is 0 Å². The van der Waals surface area contributed by atoms with E-state index in [1.54, 1.807) is 24.3 Å².